The van der Waals surface area contributed by atoms with Crippen molar-refractivity contribution in [2.24, 2.45) is 0 Å². The summed E-state index contributed by atoms with van der Waals surface area (Å²) in [5.74, 6) is 0.702. The van der Waals surface area contributed by atoms with E-state index in [1.807, 2.05) is 36.2 Å². The molecule has 2 saturated heterocycles. The van der Waals surface area contributed by atoms with Gasteiger partial charge in [-0.2, -0.15) is 9.97 Å². The van der Waals surface area contributed by atoms with E-state index in [9.17, 15) is 14.7 Å². The van der Waals surface area contributed by atoms with Crippen LogP contribution in [0.1, 0.15) is 12.1 Å². The van der Waals surface area contributed by atoms with Crippen LogP contribution < -0.4 is 20.0 Å². The predicted octanol–water partition coefficient (Wildman–Crippen LogP) is 2.09. The molecule has 12 heteroatoms. The Bertz CT molecular complexity index is 1260. The molecule has 2 aliphatic heterocycles. The quantitative estimate of drug-likeness (QED) is 0.488. The largest absolute Gasteiger partial charge is 0.423 e. The molecule has 0 radical (unpaired) electrons. The number of rotatable bonds is 6. The maximum Gasteiger partial charge on any atom is 0.298 e. The molecule has 35 heavy (non-hydrogen) atoms. The summed E-state index contributed by atoms with van der Waals surface area (Å²) in [5, 5.41) is 11.2. The summed E-state index contributed by atoms with van der Waals surface area (Å²) < 4.78 is 5.95. The van der Waals surface area contributed by atoms with E-state index >= 15 is 0 Å². The van der Waals surface area contributed by atoms with Crippen molar-refractivity contribution < 1.29 is 19.1 Å². The lowest BCUT2D eigenvalue weighted by molar-refractivity contribution is -0.115. The number of nitrogens with zero attached hydrogens (tertiary/aromatic N) is 6. The number of carbonyl (C=O) groups is 2. The molecule has 0 unspecified atom stereocenters. The Morgan fingerprint density at radius 2 is 1.94 bits per heavy atom. The Morgan fingerprint density at radius 3 is 2.71 bits per heavy atom. The van der Waals surface area contributed by atoms with Gasteiger partial charge in [0, 0.05) is 45.8 Å². The van der Waals surface area contributed by atoms with Crippen LogP contribution in [-0.2, 0) is 4.79 Å². The number of amides is 2. The molecule has 0 aliphatic carbocycles. The van der Waals surface area contributed by atoms with Crippen molar-refractivity contribution in [2.45, 2.75) is 6.42 Å². The van der Waals surface area contributed by atoms with Gasteiger partial charge in [-0.15, -0.1) is 0 Å². The summed E-state index contributed by atoms with van der Waals surface area (Å²) in [5.41, 5.74) is 2.11. The zero-order valence-electron chi connectivity index (χ0n) is 19.2. The van der Waals surface area contributed by atoms with Gasteiger partial charge in [-0.1, -0.05) is 12.1 Å². The molecule has 2 N–H and O–H groups in total. The number of hydrogen-bond acceptors (Lipinski definition) is 11. The number of nitrogens with one attached hydrogen (secondary N) is 1. The van der Waals surface area contributed by atoms with Crippen LogP contribution in [0.5, 0.6) is 0 Å². The highest BCUT2D eigenvalue weighted by Crippen LogP contribution is 2.28. The monoisotopic (exact) mass is 495 g/mol. The second-order valence-corrected chi connectivity index (χ2v) is 9.25. The fourth-order valence-corrected chi connectivity index (χ4v) is 4.64. The third-order valence-corrected chi connectivity index (χ3v) is 6.61. The zero-order chi connectivity index (χ0) is 24.4. The van der Waals surface area contributed by atoms with E-state index in [1.165, 1.54) is 0 Å². The lowest BCUT2D eigenvalue weighted by atomic mass is 10.3. The van der Waals surface area contributed by atoms with Gasteiger partial charge < -0.3 is 24.2 Å². The summed E-state index contributed by atoms with van der Waals surface area (Å²) in [7, 11) is 1.83. The van der Waals surface area contributed by atoms with Crippen molar-refractivity contribution >= 4 is 57.9 Å². The molecule has 0 spiro atoms. The molecular weight excluding hydrogens is 470 g/mol. The fraction of sp³-hybridized carbons (Fsp3) is 0.348. The molecule has 3 aromatic rings. The number of oxazole rings is 1. The zero-order valence-corrected chi connectivity index (χ0v) is 20.0. The van der Waals surface area contributed by atoms with Gasteiger partial charge in [0.15, 0.2) is 5.58 Å². The van der Waals surface area contributed by atoms with E-state index in [2.05, 4.69) is 25.1 Å². The standard InChI is InChI=1S/C23H25N7O4S/c1-28(11-12-31)19-14-15(13-18-20(32)27-23(33)35-18)24-21(26-19)29-7-4-8-30(10-9-29)22-25-16-5-2-3-6-17(16)34-22/h2-3,5-6,13-14,31H,4,7-12H2,1H3,(H,27,32,33)/b18-13-. The number of anilines is 3. The number of thioether (sulfide) groups is 1. The highest BCUT2D eigenvalue weighted by Gasteiger charge is 2.26. The Hall–Kier alpha value is -3.64. The van der Waals surface area contributed by atoms with Crippen molar-refractivity contribution in [1.82, 2.24) is 20.3 Å². The normalized spacial score (nSPS) is 17.8. The third-order valence-electron chi connectivity index (χ3n) is 5.80. The maximum atomic E-state index is 12.0. The van der Waals surface area contributed by atoms with Crippen LogP contribution in [0.4, 0.5) is 22.6 Å². The first kappa shape index (κ1) is 23.1. The molecule has 1 aromatic carbocycles. The van der Waals surface area contributed by atoms with Crippen LogP contribution in [0.15, 0.2) is 39.7 Å². The molecule has 5 rings (SSSR count). The topological polar surface area (TPSA) is 128 Å². The van der Waals surface area contributed by atoms with Gasteiger partial charge in [0.05, 0.1) is 17.2 Å². The molecule has 2 fully saturated rings. The van der Waals surface area contributed by atoms with Crippen LogP contribution in [0.25, 0.3) is 17.2 Å². The molecular formula is C23H25N7O4S. The number of aliphatic hydroxyl groups excluding tert-OH is 1. The number of fused-ring (bicyclic) bond motifs is 1. The number of likely N-dealkylation sites (N-methyl/N-ethyl adjacent to an activating group) is 1. The number of imide groups is 1. The smallest absolute Gasteiger partial charge is 0.298 e. The minimum Gasteiger partial charge on any atom is -0.423 e. The molecule has 2 aliphatic rings. The molecule has 2 aromatic heterocycles. The SMILES string of the molecule is CN(CCO)c1cc(/C=C2\SC(=O)NC2=O)nc(N2CCCN(c3nc4ccccc4o3)CC2)n1. The Morgan fingerprint density at radius 1 is 1.14 bits per heavy atom. The van der Waals surface area contributed by atoms with Gasteiger partial charge in [0.1, 0.15) is 11.3 Å². The minimum atomic E-state index is -0.436. The second-order valence-electron chi connectivity index (χ2n) is 8.24. The van der Waals surface area contributed by atoms with E-state index < -0.39 is 11.1 Å². The van der Waals surface area contributed by atoms with E-state index in [1.54, 1.807) is 12.1 Å². The number of aromatic nitrogens is 3. The van der Waals surface area contributed by atoms with Gasteiger partial charge in [-0.05, 0) is 36.4 Å². The lowest BCUT2D eigenvalue weighted by Gasteiger charge is -2.24. The Kier molecular flexibility index (Phi) is 6.55. The Balaban J connectivity index is 1.40. The molecule has 0 saturated carbocycles. The number of carbonyl (C=O) groups excluding carboxylic acids is 2. The van der Waals surface area contributed by atoms with E-state index in [4.69, 9.17) is 9.40 Å². The van der Waals surface area contributed by atoms with Crippen LogP contribution >= 0.6 is 11.8 Å². The lowest BCUT2D eigenvalue weighted by Crippen LogP contribution is -2.32. The number of para-hydroxylation sites is 2. The van der Waals surface area contributed by atoms with Crippen molar-refractivity contribution in [1.29, 1.82) is 0 Å². The van der Waals surface area contributed by atoms with Crippen molar-refractivity contribution in [3.8, 4) is 0 Å². The van der Waals surface area contributed by atoms with Gasteiger partial charge in [0.2, 0.25) is 5.95 Å². The average Bonchev–Trinajstić information content (AvgIpc) is 3.31. The van der Waals surface area contributed by atoms with Crippen molar-refractivity contribution in [3.05, 3.63) is 40.9 Å². The van der Waals surface area contributed by atoms with Crippen molar-refractivity contribution in [3.63, 3.8) is 0 Å². The average molecular weight is 496 g/mol. The van der Waals surface area contributed by atoms with Crippen molar-refractivity contribution in [2.75, 3.05) is 61.1 Å². The maximum absolute atomic E-state index is 12.0. The Labute approximate surface area is 205 Å². The summed E-state index contributed by atoms with van der Waals surface area (Å²) in [6.45, 7) is 3.20. The van der Waals surface area contributed by atoms with Gasteiger partial charge in [0.25, 0.3) is 17.2 Å². The van der Waals surface area contributed by atoms with E-state index in [-0.39, 0.29) is 11.5 Å². The summed E-state index contributed by atoms with van der Waals surface area (Å²) in [6, 6.07) is 10.0. The molecule has 4 heterocycles. The summed E-state index contributed by atoms with van der Waals surface area (Å²) in [6.07, 6.45) is 2.44. The van der Waals surface area contributed by atoms with Crippen LogP contribution in [0, 0.1) is 0 Å². The number of aliphatic hydroxyl groups is 1. The second kappa shape index (κ2) is 9.92. The molecule has 0 atom stereocenters. The first-order valence-corrected chi connectivity index (χ1v) is 12.1. The molecule has 2 amide bonds. The first-order chi connectivity index (χ1) is 17.0. The van der Waals surface area contributed by atoms with Gasteiger partial charge >= 0.3 is 0 Å². The van der Waals surface area contributed by atoms with E-state index in [0.29, 0.717) is 43.1 Å². The first-order valence-electron chi connectivity index (χ1n) is 11.3. The van der Waals surface area contributed by atoms with Crippen LogP contribution in [0.3, 0.4) is 0 Å². The van der Waals surface area contributed by atoms with E-state index in [0.717, 1.165) is 42.4 Å². The van der Waals surface area contributed by atoms with Gasteiger partial charge in [-0.25, -0.2) is 4.98 Å². The third kappa shape index (κ3) is 5.08. The minimum absolute atomic E-state index is 0.0256. The highest BCUT2D eigenvalue weighted by atomic mass is 32.2. The highest BCUT2D eigenvalue weighted by molar-refractivity contribution is 8.18. The van der Waals surface area contributed by atoms with Crippen LogP contribution in [0.2, 0.25) is 0 Å². The van der Waals surface area contributed by atoms with Gasteiger partial charge in [-0.3, -0.25) is 14.9 Å². The summed E-state index contributed by atoms with van der Waals surface area (Å²) in [4.78, 5) is 44.0. The number of benzene rings is 1. The van der Waals surface area contributed by atoms with Crippen LogP contribution in [-0.4, -0.2) is 77.6 Å². The molecule has 0 bridgehead atoms. The molecule has 182 valence electrons. The summed E-state index contributed by atoms with van der Waals surface area (Å²) >= 11 is 0.847. The number of hydrogen-bond donors (Lipinski definition) is 2. The molecule has 11 nitrogen and oxygen atoms in total. The fourth-order valence-electron chi connectivity index (χ4n) is 3.97. The predicted molar refractivity (Wildman–Crippen MR) is 135 cm³/mol.